The lowest BCUT2D eigenvalue weighted by molar-refractivity contribution is 0.0428. The summed E-state index contributed by atoms with van der Waals surface area (Å²) in [4.78, 5) is 16.6. The molecule has 0 spiro atoms. The van der Waals surface area contributed by atoms with Gasteiger partial charge >= 0.3 is 0 Å². The van der Waals surface area contributed by atoms with Gasteiger partial charge in [0.1, 0.15) is 22.9 Å². The molecule has 1 atom stereocenters. The van der Waals surface area contributed by atoms with E-state index in [1.165, 1.54) is 0 Å². The monoisotopic (exact) mass is 530 g/mol. The van der Waals surface area contributed by atoms with Gasteiger partial charge in [0.05, 0.1) is 13.7 Å². The van der Waals surface area contributed by atoms with Crippen molar-refractivity contribution >= 4 is 35.8 Å². The van der Waals surface area contributed by atoms with Gasteiger partial charge in [-0.2, -0.15) is 0 Å². The molecule has 0 fully saturated rings. The molecule has 0 saturated carbocycles. The number of ether oxygens (including phenoxy) is 1. The van der Waals surface area contributed by atoms with Gasteiger partial charge in [-0.05, 0) is 57.2 Å². The number of guanidine groups is 1. The van der Waals surface area contributed by atoms with E-state index in [0.717, 1.165) is 5.76 Å². The maximum atomic E-state index is 12.2. The van der Waals surface area contributed by atoms with Crippen molar-refractivity contribution in [1.29, 1.82) is 0 Å². The van der Waals surface area contributed by atoms with Crippen LogP contribution in [0.25, 0.3) is 0 Å². The van der Waals surface area contributed by atoms with Crippen molar-refractivity contribution in [3.8, 4) is 5.75 Å². The van der Waals surface area contributed by atoms with E-state index in [0.29, 0.717) is 42.7 Å². The van der Waals surface area contributed by atoms with Crippen LogP contribution in [0.3, 0.4) is 0 Å². The van der Waals surface area contributed by atoms with E-state index in [-0.39, 0.29) is 36.4 Å². The van der Waals surface area contributed by atoms with Gasteiger partial charge in [-0.15, -0.1) is 24.0 Å². The molecule has 1 heterocycles. The summed E-state index contributed by atoms with van der Waals surface area (Å²) >= 11 is 0. The summed E-state index contributed by atoms with van der Waals surface area (Å²) in [6.45, 7) is 7.15. The molecule has 30 heavy (non-hydrogen) atoms. The number of furan rings is 1. The zero-order valence-electron chi connectivity index (χ0n) is 17.8. The average Bonchev–Trinajstić information content (AvgIpc) is 3.16. The first kappa shape index (κ1) is 25.8. The second-order valence-electron chi connectivity index (χ2n) is 6.79. The third kappa shape index (κ3) is 7.86. The van der Waals surface area contributed by atoms with Crippen LogP contribution in [0.15, 0.2) is 45.8 Å². The Morgan fingerprint density at radius 1 is 1.13 bits per heavy atom. The minimum absolute atomic E-state index is 0. The number of hydrogen-bond donors (Lipinski definition) is 4. The molecule has 0 aliphatic heterocycles. The van der Waals surface area contributed by atoms with Gasteiger partial charge in [-0.3, -0.25) is 4.79 Å². The Kier molecular flexibility index (Phi) is 10.7. The molecule has 1 aromatic heterocycles. The van der Waals surface area contributed by atoms with Crippen molar-refractivity contribution in [2.24, 2.45) is 4.99 Å². The van der Waals surface area contributed by atoms with Gasteiger partial charge in [-0.25, -0.2) is 4.99 Å². The molecule has 2 aromatic rings. The van der Waals surface area contributed by atoms with Crippen LogP contribution in [0.4, 0.5) is 0 Å². The lowest BCUT2D eigenvalue weighted by Gasteiger charge is -2.19. The molecule has 2 rings (SSSR count). The fourth-order valence-electron chi connectivity index (χ4n) is 2.58. The minimum Gasteiger partial charge on any atom is -0.497 e. The average molecular weight is 530 g/mol. The first-order chi connectivity index (χ1) is 13.9. The topological polar surface area (TPSA) is 108 Å². The Bertz CT molecular complexity index is 819. The fourth-order valence-corrected chi connectivity index (χ4v) is 2.58. The largest absolute Gasteiger partial charge is 0.497 e. The molecule has 4 N–H and O–H groups in total. The van der Waals surface area contributed by atoms with E-state index in [4.69, 9.17) is 9.15 Å². The fraction of sp³-hybridized carbons (Fsp3) is 0.429. The second kappa shape index (κ2) is 12.4. The summed E-state index contributed by atoms with van der Waals surface area (Å²) < 4.78 is 10.6. The van der Waals surface area contributed by atoms with Gasteiger partial charge in [0.2, 0.25) is 0 Å². The van der Waals surface area contributed by atoms with Crippen LogP contribution in [0.5, 0.6) is 5.75 Å². The number of aliphatic imine (C=N–C) groups is 1. The molecule has 9 heteroatoms. The highest BCUT2D eigenvalue weighted by atomic mass is 127. The second-order valence-corrected chi connectivity index (χ2v) is 6.79. The number of rotatable bonds is 9. The number of aryl methyl sites for hydroxylation is 1. The normalized spacial score (nSPS) is 13.0. The van der Waals surface area contributed by atoms with Crippen molar-refractivity contribution in [2.45, 2.75) is 26.4 Å². The summed E-state index contributed by atoms with van der Waals surface area (Å²) in [5.74, 6) is 2.31. The maximum Gasteiger partial charge on any atom is 0.251 e. The number of halogens is 1. The summed E-state index contributed by atoms with van der Waals surface area (Å²) in [6, 6.07) is 10.5. The first-order valence-corrected chi connectivity index (χ1v) is 9.59. The maximum absolute atomic E-state index is 12.2. The van der Waals surface area contributed by atoms with Crippen LogP contribution >= 0.6 is 24.0 Å². The summed E-state index contributed by atoms with van der Waals surface area (Å²) in [6.07, 6.45) is 0. The summed E-state index contributed by atoms with van der Waals surface area (Å²) in [7, 11) is 1.58. The van der Waals surface area contributed by atoms with Crippen LogP contribution in [0.2, 0.25) is 0 Å². The van der Waals surface area contributed by atoms with Gasteiger partial charge in [0, 0.05) is 25.2 Å². The van der Waals surface area contributed by atoms with Crippen molar-refractivity contribution in [2.75, 3.05) is 33.3 Å². The molecule has 1 aromatic carbocycles. The highest BCUT2D eigenvalue weighted by Crippen LogP contribution is 2.23. The van der Waals surface area contributed by atoms with Crippen LogP contribution in [-0.2, 0) is 5.60 Å². The third-order valence-electron chi connectivity index (χ3n) is 4.22. The Balaban J connectivity index is 0.00000450. The van der Waals surface area contributed by atoms with Gasteiger partial charge in [0.15, 0.2) is 5.96 Å². The highest BCUT2D eigenvalue weighted by Gasteiger charge is 2.26. The summed E-state index contributed by atoms with van der Waals surface area (Å²) in [5, 5.41) is 19.7. The van der Waals surface area contributed by atoms with Crippen LogP contribution in [0.1, 0.15) is 35.7 Å². The van der Waals surface area contributed by atoms with E-state index in [2.05, 4.69) is 20.9 Å². The Morgan fingerprint density at radius 3 is 2.37 bits per heavy atom. The number of hydrogen-bond acceptors (Lipinski definition) is 5. The smallest absolute Gasteiger partial charge is 0.251 e. The van der Waals surface area contributed by atoms with E-state index < -0.39 is 5.60 Å². The number of carbonyl (C=O) groups is 1. The molecule has 166 valence electrons. The Labute approximate surface area is 194 Å². The number of aliphatic hydroxyl groups is 1. The molecule has 0 aliphatic rings. The molecule has 8 nitrogen and oxygen atoms in total. The lowest BCUT2D eigenvalue weighted by atomic mass is 10.0. The van der Waals surface area contributed by atoms with Gasteiger partial charge < -0.3 is 30.2 Å². The van der Waals surface area contributed by atoms with E-state index >= 15 is 0 Å². The zero-order valence-corrected chi connectivity index (χ0v) is 20.2. The SMILES string of the molecule is CCNC(=NCC(C)(O)c1ccc(C)o1)NCCNC(=O)c1ccc(OC)cc1.I. The summed E-state index contributed by atoms with van der Waals surface area (Å²) in [5.41, 5.74) is -0.643. The Morgan fingerprint density at radius 2 is 1.80 bits per heavy atom. The predicted octanol–water partition coefficient (Wildman–Crippen LogP) is 2.41. The highest BCUT2D eigenvalue weighted by molar-refractivity contribution is 14.0. The van der Waals surface area contributed by atoms with E-state index in [1.54, 1.807) is 44.4 Å². The molecular weight excluding hydrogens is 499 g/mol. The van der Waals surface area contributed by atoms with Crippen molar-refractivity contribution in [3.63, 3.8) is 0 Å². The number of nitrogens with zero attached hydrogens (tertiary/aromatic N) is 1. The molecule has 1 unspecified atom stereocenters. The number of methoxy groups -OCH3 is 1. The van der Waals surface area contributed by atoms with E-state index in [1.807, 2.05) is 19.9 Å². The zero-order chi connectivity index (χ0) is 21.3. The van der Waals surface area contributed by atoms with Crippen LogP contribution in [0, 0.1) is 6.92 Å². The van der Waals surface area contributed by atoms with E-state index in [9.17, 15) is 9.90 Å². The molecular formula is C21H31IN4O4. The molecule has 0 aliphatic carbocycles. The van der Waals surface area contributed by atoms with Crippen molar-refractivity contribution < 1.29 is 19.1 Å². The molecule has 0 saturated heterocycles. The standard InChI is InChI=1S/C21H30N4O4.HI/c1-5-22-20(25-14-21(3,27)18-11-6-15(2)29-18)24-13-12-23-19(26)16-7-9-17(28-4)10-8-16;/h6-11,27H,5,12-14H2,1-4H3,(H,23,26)(H2,22,24,25);1H. The molecule has 0 bridgehead atoms. The third-order valence-corrected chi connectivity index (χ3v) is 4.22. The first-order valence-electron chi connectivity index (χ1n) is 9.59. The van der Waals surface area contributed by atoms with Crippen molar-refractivity contribution in [3.05, 3.63) is 53.5 Å². The van der Waals surface area contributed by atoms with Gasteiger partial charge in [-0.1, -0.05) is 0 Å². The number of nitrogens with one attached hydrogen (secondary N) is 3. The van der Waals surface area contributed by atoms with Gasteiger partial charge in [0.25, 0.3) is 5.91 Å². The van der Waals surface area contributed by atoms with Crippen LogP contribution in [-0.4, -0.2) is 50.3 Å². The lowest BCUT2D eigenvalue weighted by Crippen LogP contribution is -2.42. The van der Waals surface area contributed by atoms with Crippen molar-refractivity contribution in [1.82, 2.24) is 16.0 Å². The minimum atomic E-state index is -1.21. The predicted molar refractivity (Wildman–Crippen MR) is 128 cm³/mol. The molecule has 0 radical (unpaired) electrons. The Hall–Kier alpha value is -2.27. The number of carbonyl (C=O) groups excluding carboxylic acids is 1. The van der Waals surface area contributed by atoms with Crippen LogP contribution < -0.4 is 20.7 Å². The number of amides is 1. The molecule has 1 amide bonds. The quantitative estimate of drug-likeness (QED) is 0.172. The number of benzene rings is 1.